The van der Waals surface area contributed by atoms with E-state index in [9.17, 15) is 19.2 Å². The Morgan fingerprint density at radius 3 is 2.21 bits per heavy atom. The van der Waals surface area contributed by atoms with E-state index in [2.05, 4.69) is 10.6 Å². The molecule has 2 amide bonds. The Bertz CT molecular complexity index is 706. The van der Waals surface area contributed by atoms with E-state index in [0.29, 0.717) is 17.7 Å². The second kappa shape index (κ2) is 10.4. The van der Waals surface area contributed by atoms with Crippen LogP contribution >= 0.6 is 0 Å². The van der Waals surface area contributed by atoms with Gasteiger partial charge in [0.25, 0.3) is 0 Å². The minimum atomic E-state index is -0.932. The molecule has 2 N–H and O–H groups in total. The molecule has 0 aliphatic heterocycles. The third-order valence-corrected chi connectivity index (χ3v) is 3.39. The molecule has 8 heteroatoms. The molecule has 0 spiro atoms. The van der Waals surface area contributed by atoms with Crippen molar-refractivity contribution in [1.29, 1.82) is 0 Å². The molecule has 0 fully saturated rings. The second-order valence-corrected chi connectivity index (χ2v) is 7.29. The fourth-order valence-electron chi connectivity index (χ4n) is 2.20. The number of alkyl carbamates (subject to hydrolysis) is 1. The number of hydrogen-bond donors (Lipinski definition) is 2. The lowest BCUT2D eigenvalue weighted by Crippen LogP contribution is -2.33. The summed E-state index contributed by atoms with van der Waals surface area (Å²) in [5, 5.41) is 5.16. The largest absolute Gasteiger partial charge is 0.454 e. The molecule has 0 aromatic heterocycles. The molecule has 0 aliphatic rings. The number of amides is 2. The summed E-state index contributed by atoms with van der Waals surface area (Å²) in [4.78, 5) is 46.7. The first-order valence-electron chi connectivity index (χ1n) is 9.06. The number of carbonyl (C=O) groups excluding carboxylic acids is 4. The van der Waals surface area contributed by atoms with Crippen molar-refractivity contribution in [2.75, 3.05) is 11.9 Å². The van der Waals surface area contributed by atoms with Gasteiger partial charge in [0.1, 0.15) is 5.60 Å². The van der Waals surface area contributed by atoms with Gasteiger partial charge in [0.05, 0.1) is 0 Å². The van der Waals surface area contributed by atoms with Gasteiger partial charge in [-0.05, 0) is 58.4 Å². The van der Waals surface area contributed by atoms with Crippen LogP contribution in [0.4, 0.5) is 10.5 Å². The molecule has 8 nitrogen and oxygen atoms in total. The van der Waals surface area contributed by atoms with Crippen LogP contribution in [0.25, 0.3) is 0 Å². The number of Topliss-reactive ketones (excluding diaryl/α,β-unsaturated/α-hetero) is 1. The predicted molar refractivity (Wildman–Crippen MR) is 104 cm³/mol. The van der Waals surface area contributed by atoms with Gasteiger partial charge in [-0.3, -0.25) is 14.4 Å². The van der Waals surface area contributed by atoms with Crippen LogP contribution in [-0.4, -0.2) is 42.0 Å². The van der Waals surface area contributed by atoms with Crippen LogP contribution < -0.4 is 10.6 Å². The topological polar surface area (TPSA) is 111 Å². The third-order valence-electron chi connectivity index (χ3n) is 3.39. The molecule has 1 rings (SSSR count). The third kappa shape index (κ3) is 9.16. The van der Waals surface area contributed by atoms with E-state index in [1.807, 2.05) is 0 Å². The number of ketones is 1. The Hall–Kier alpha value is -2.90. The predicted octanol–water partition coefficient (Wildman–Crippen LogP) is 3.06. The van der Waals surface area contributed by atoms with Crippen molar-refractivity contribution in [3.8, 4) is 0 Å². The first-order chi connectivity index (χ1) is 13.0. The van der Waals surface area contributed by atoms with E-state index >= 15 is 0 Å². The van der Waals surface area contributed by atoms with E-state index in [1.165, 1.54) is 13.8 Å². The Balaban J connectivity index is 2.38. The number of nitrogens with one attached hydrogen (secondary N) is 2. The SMILES string of the molecule is CC(=O)Nc1ccc(C(=O)[C@@H](C)OC(=O)CCCNC(=O)OC(C)(C)C)cc1. The van der Waals surface area contributed by atoms with Crippen LogP contribution in [-0.2, 0) is 19.1 Å². The lowest BCUT2D eigenvalue weighted by molar-refractivity contribution is -0.146. The van der Waals surface area contributed by atoms with Gasteiger partial charge in [-0.2, -0.15) is 0 Å². The van der Waals surface area contributed by atoms with Crippen LogP contribution in [0.2, 0.25) is 0 Å². The molecule has 0 bridgehead atoms. The van der Waals surface area contributed by atoms with Crippen molar-refractivity contribution < 1.29 is 28.7 Å². The van der Waals surface area contributed by atoms with Crippen molar-refractivity contribution in [1.82, 2.24) is 5.32 Å². The normalized spacial score (nSPS) is 11.9. The minimum absolute atomic E-state index is 0.0644. The Kier molecular flexibility index (Phi) is 8.63. The van der Waals surface area contributed by atoms with Crippen LogP contribution in [0.5, 0.6) is 0 Å². The fourth-order valence-corrected chi connectivity index (χ4v) is 2.20. The minimum Gasteiger partial charge on any atom is -0.454 e. The molecule has 0 aliphatic carbocycles. The van der Waals surface area contributed by atoms with Gasteiger partial charge >= 0.3 is 12.1 Å². The van der Waals surface area contributed by atoms with Crippen LogP contribution in [0.3, 0.4) is 0 Å². The van der Waals surface area contributed by atoms with Crippen LogP contribution in [0, 0.1) is 0 Å². The zero-order valence-electron chi connectivity index (χ0n) is 17.0. The van der Waals surface area contributed by atoms with Crippen LogP contribution in [0.1, 0.15) is 57.8 Å². The van der Waals surface area contributed by atoms with E-state index in [1.54, 1.807) is 45.0 Å². The van der Waals surface area contributed by atoms with E-state index in [4.69, 9.17) is 9.47 Å². The molecule has 1 aromatic carbocycles. The molecule has 0 unspecified atom stereocenters. The monoisotopic (exact) mass is 392 g/mol. The number of benzene rings is 1. The van der Waals surface area contributed by atoms with E-state index in [-0.39, 0.29) is 24.7 Å². The summed E-state index contributed by atoms with van der Waals surface area (Å²) in [5.74, 6) is -1.07. The molecule has 0 saturated carbocycles. The summed E-state index contributed by atoms with van der Waals surface area (Å²) in [7, 11) is 0. The maximum absolute atomic E-state index is 12.3. The maximum Gasteiger partial charge on any atom is 0.407 e. The zero-order chi connectivity index (χ0) is 21.3. The molecule has 0 saturated heterocycles. The first kappa shape index (κ1) is 23.1. The molecule has 1 atom stereocenters. The standard InChI is InChI=1S/C20H28N2O6/c1-13(18(25)15-8-10-16(11-9-15)22-14(2)23)27-17(24)7-6-12-21-19(26)28-20(3,4)5/h8-11,13H,6-7,12H2,1-5H3,(H,21,26)(H,22,23)/t13-/m1/s1. The van der Waals surface area contributed by atoms with Gasteiger partial charge in [-0.15, -0.1) is 0 Å². The number of ether oxygens (including phenoxy) is 2. The lowest BCUT2D eigenvalue weighted by Gasteiger charge is -2.19. The van der Waals surface area contributed by atoms with Gasteiger partial charge < -0.3 is 20.1 Å². The summed E-state index contributed by atoms with van der Waals surface area (Å²) in [6.07, 6.45) is -1.05. The lowest BCUT2D eigenvalue weighted by atomic mass is 10.1. The highest BCUT2D eigenvalue weighted by Gasteiger charge is 2.20. The molecule has 1 aromatic rings. The number of rotatable bonds is 8. The van der Waals surface area contributed by atoms with E-state index < -0.39 is 23.8 Å². The summed E-state index contributed by atoms with van der Waals surface area (Å²) >= 11 is 0. The zero-order valence-corrected chi connectivity index (χ0v) is 17.0. The maximum atomic E-state index is 12.3. The highest BCUT2D eigenvalue weighted by Crippen LogP contribution is 2.13. The van der Waals surface area contributed by atoms with Crippen molar-refractivity contribution in [3.05, 3.63) is 29.8 Å². The smallest absolute Gasteiger partial charge is 0.407 e. The molecule has 28 heavy (non-hydrogen) atoms. The molecule has 0 heterocycles. The van der Waals surface area contributed by atoms with Crippen molar-refractivity contribution >= 4 is 29.4 Å². The van der Waals surface area contributed by atoms with Gasteiger partial charge in [0.15, 0.2) is 6.10 Å². The Labute approximate surface area is 165 Å². The fraction of sp³-hybridized carbons (Fsp3) is 0.500. The molecular weight excluding hydrogens is 364 g/mol. The quantitative estimate of drug-likeness (QED) is 0.400. The van der Waals surface area contributed by atoms with Gasteiger partial charge in [-0.25, -0.2) is 4.79 Å². The summed E-state index contributed by atoms with van der Waals surface area (Å²) in [6, 6.07) is 6.32. The Morgan fingerprint density at radius 2 is 1.68 bits per heavy atom. The Morgan fingerprint density at radius 1 is 1.07 bits per heavy atom. The average Bonchev–Trinajstić information content (AvgIpc) is 2.56. The highest BCUT2D eigenvalue weighted by atomic mass is 16.6. The number of anilines is 1. The summed E-state index contributed by atoms with van der Waals surface area (Å²) < 4.78 is 10.2. The van der Waals surface area contributed by atoms with E-state index in [0.717, 1.165) is 0 Å². The summed E-state index contributed by atoms with van der Waals surface area (Å²) in [5.41, 5.74) is 0.367. The number of hydrogen-bond acceptors (Lipinski definition) is 6. The number of carbonyl (C=O) groups is 4. The second-order valence-electron chi connectivity index (χ2n) is 7.29. The highest BCUT2D eigenvalue weighted by molar-refractivity contribution is 6.00. The molecular formula is C20H28N2O6. The van der Waals surface area contributed by atoms with Crippen molar-refractivity contribution in [2.24, 2.45) is 0 Å². The summed E-state index contributed by atoms with van der Waals surface area (Å²) in [6.45, 7) is 8.43. The van der Waals surface area contributed by atoms with Gasteiger partial charge in [-0.1, -0.05) is 0 Å². The number of esters is 1. The van der Waals surface area contributed by atoms with Crippen molar-refractivity contribution in [2.45, 2.75) is 59.2 Å². The average molecular weight is 392 g/mol. The molecule has 154 valence electrons. The first-order valence-corrected chi connectivity index (χ1v) is 9.06. The van der Waals surface area contributed by atoms with Gasteiger partial charge in [0, 0.05) is 31.1 Å². The molecule has 0 radical (unpaired) electrons. The van der Waals surface area contributed by atoms with Crippen LogP contribution in [0.15, 0.2) is 24.3 Å². The van der Waals surface area contributed by atoms with Crippen molar-refractivity contribution in [3.63, 3.8) is 0 Å². The van der Waals surface area contributed by atoms with Gasteiger partial charge in [0.2, 0.25) is 11.7 Å².